The fourth-order valence-corrected chi connectivity index (χ4v) is 2.66. The molecule has 0 radical (unpaired) electrons. The third kappa shape index (κ3) is 2.81. The lowest BCUT2D eigenvalue weighted by Gasteiger charge is -2.16. The van der Waals surface area contributed by atoms with Gasteiger partial charge in [-0.3, -0.25) is 19.7 Å². The molecule has 1 fully saturated rings. The highest BCUT2D eigenvalue weighted by molar-refractivity contribution is 5.96. The van der Waals surface area contributed by atoms with Gasteiger partial charge < -0.3 is 10.0 Å². The van der Waals surface area contributed by atoms with Crippen molar-refractivity contribution in [3.8, 4) is 5.69 Å². The predicted octanol–water partition coefficient (Wildman–Crippen LogP) is 0.722. The monoisotopic (exact) mass is 331 g/mol. The smallest absolute Gasteiger partial charge is 0.308 e. The van der Waals surface area contributed by atoms with Crippen molar-refractivity contribution in [2.75, 3.05) is 13.1 Å². The van der Waals surface area contributed by atoms with Crippen molar-refractivity contribution >= 4 is 17.6 Å². The minimum absolute atomic E-state index is 0.104. The molecule has 0 bridgehead atoms. The number of carbonyl (C=O) groups excluding carboxylic acids is 1. The normalized spacial score (nSPS) is 17.0. The van der Waals surface area contributed by atoms with Gasteiger partial charge >= 0.3 is 5.97 Å². The summed E-state index contributed by atoms with van der Waals surface area (Å²) in [7, 11) is 0. The maximum atomic E-state index is 12.5. The van der Waals surface area contributed by atoms with Crippen molar-refractivity contribution < 1.29 is 19.6 Å². The first-order valence-electron chi connectivity index (χ1n) is 7.13. The quantitative estimate of drug-likeness (QED) is 0.645. The maximum Gasteiger partial charge on any atom is 0.308 e. The SMILES string of the molecule is O=C(O)C1CCN(C(=O)c2ccc(-n3cncn3)c([N+](=O)[O-])c2)C1. The lowest BCUT2D eigenvalue weighted by Crippen LogP contribution is -2.30. The van der Waals surface area contributed by atoms with Gasteiger partial charge in [0.2, 0.25) is 0 Å². The van der Waals surface area contributed by atoms with Crippen molar-refractivity contribution in [2.45, 2.75) is 6.42 Å². The summed E-state index contributed by atoms with van der Waals surface area (Å²) in [6.45, 7) is 0.418. The zero-order chi connectivity index (χ0) is 17.3. The molecule has 10 nitrogen and oxygen atoms in total. The number of hydrogen-bond acceptors (Lipinski definition) is 6. The second kappa shape index (κ2) is 6.07. The first-order chi connectivity index (χ1) is 11.5. The number of carbonyl (C=O) groups is 2. The molecule has 1 aliphatic heterocycles. The van der Waals surface area contributed by atoms with Crippen LogP contribution in [-0.2, 0) is 4.79 Å². The molecule has 124 valence electrons. The third-order valence-electron chi connectivity index (χ3n) is 3.91. The molecule has 2 heterocycles. The molecule has 1 N–H and O–H groups in total. The number of likely N-dealkylation sites (tertiary alicyclic amines) is 1. The minimum Gasteiger partial charge on any atom is -0.481 e. The molecular weight excluding hydrogens is 318 g/mol. The van der Waals surface area contributed by atoms with Gasteiger partial charge in [-0.1, -0.05) is 0 Å². The first kappa shape index (κ1) is 15.6. The van der Waals surface area contributed by atoms with Crippen LogP contribution >= 0.6 is 0 Å². The molecule has 10 heteroatoms. The summed E-state index contributed by atoms with van der Waals surface area (Å²) < 4.78 is 1.24. The summed E-state index contributed by atoms with van der Waals surface area (Å²) in [6, 6.07) is 4.05. The Morgan fingerprint density at radius 2 is 2.17 bits per heavy atom. The van der Waals surface area contributed by atoms with E-state index in [1.807, 2.05) is 0 Å². The molecule has 1 aromatic heterocycles. The van der Waals surface area contributed by atoms with Crippen LogP contribution in [0.5, 0.6) is 0 Å². The maximum absolute atomic E-state index is 12.5. The van der Waals surface area contributed by atoms with Crippen molar-refractivity contribution in [3.63, 3.8) is 0 Å². The molecule has 1 atom stereocenters. The van der Waals surface area contributed by atoms with Crippen molar-refractivity contribution in [1.82, 2.24) is 19.7 Å². The summed E-state index contributed by atoms with van der Waals surface area (Å²) in [6.07, 6.45) is 2.95. The van der Waals surface area contributed by atoms with E-state index in [0.29, 0.717) is 13.0 Å². The number of benzene rings is 1. The highest BCUT2D eigenvalue weighted by Gasteiger charge is 2.32. The highest BCUT2D eigenvalue weighted by Crippen LogP contribution is 2.26. The van der Waals surface area contributed by atoms with Gasteiger partial charge in [0.15, 0.2) is 0 Å². The van der Waals surface area contributed by atoms with E-state index < -0.39 is 22.7 Å². The third-order valence-corrected chi connectivity index (χ3v) is 3.91. The van der Waals surface area contributed by atoms with E-state index in [0.717, 1.165) is 0 Å². The summed E-state index contributed by atoms with van der Waals surface area (Å²) in [5, 5.41) is 24.1. The Kier molecular flexibility index (Phi) is 3.94. The van der Waals surface area contributed by atoms with Crippen LogP contribution in [0.25, 0.3) is 5.69 Å². The number of aliphatic carboxylic acids is 1. The molecule has 2 aromatic rings. The zero-order valence-electron chi connectivity index (χ0n) is 12.4. The van der Waals surface area contributed by atoms with Gasteiger partial charge in [-0.25, -0.2) is 9.67 Å². The number of nitrogens with zero attached hydrogens (tertiary/aromatic N) is 5. The van der Waals surface area contributed by atoms with Crippen molar-refractivity contribution in [1.29, 1.82) is 0 Å². The van der Waals surface area contributed by atoms with E-state index in [4.69, 9.17) is 5.11 Å². The fourth-order valence-electron chi connectivity index (χ4n) is 2.66. The van der Waals surface area contributed by atoms with Crippen LogP contribution in [-0.4, -0.2) is 54.7 Å². The molecule has 1 saturated heterocycles. The molecular formula is C14H13N5O5. The second-order valence-corrected chi connectivity index (χ2v) is 5.38. The molecule has 1 amide bonds. The van der Waals surface area contributed by atoms with Crippen LogP contribution < -0.4 is 0 Å². The first-order valence-corrected chi connectivity index (χ1v) is 7.13. The van der Waals surface area contributed by atoms with Crippen LogP contribution in [0.2, 0.25) is 0 Å². The van der Waals surface area contributed by atoms with Gasteiger partial charge in [-0.2, -0.15) is 5.10 Å². The van der Waals surface area contributed by atoms with Crippen LogP contribution in [0.1, 0.15) is 16.8 Å². The average Bonchev–Trinajstić information content (AvgIpc) is 3.25. The lowest BCUT2D eigenvalue weighted by molar-refractivity contribution is -0.384. The zero-order valence-corrected chi connectivity index (χ0v) is 12.4. The summed E-state index contributed by atoms with van der Waals surface area (Å²) >= 11 is 0. The summed E-state index contributed by atoms with van der Waals surface area (Å²) in [4.78, 5) is 39.3. The Bertz CT molecular complexity index is 804. The van der Waals surface area contributed by atoms with E-state index >= 15 is 0 Å². The molecule has 1 aromatic carbocycles. The molecule has 0 spiro atoms. The van der Waals surface area contributed by atoms with E-state index in [9.17, 15) is 19.7 Å². The van der Waals surface area contributed by atoms with E-state index in [1.165, 1.54) is 40.4 Å². The largest absolute Gasteiger partial charge is 0.481 e. The minimum atomic E-state index is -0.946. The van der Waals surface area contributed by atoms with Crippen LogP contribution in [0.4, 0.5) is 5.69 Å². The average molecular weight is 331 g/mol. The summed E-state index contributed by atoms with van der Waals surface area (Å²) in [5.74, 6) is -1.97. The number of amides is 1. The van der Waals surface area contributed by atoms with E-state index in [-0.39, 0.29) is 23.5 Å². The number of aromatic nitrogens is 3. The molecule has 24 heavy (non-hydrogen) atoms. The van der Waals surface area contributed by atoms with E-state index in [1.54, 1.807) is 0 Å². The Balaban J connectivity index is 1.89. The van der Waals surface area contributed by atoms with Gasteiger partial charge in [0.1, 0.15) is 18.3 Å². The lowest BCUT2D eigenvalue weighted by atomic mass is 10.1. The van der Waals surface area contributed by atoms with Gasteiger partial charge in [-0.15, -0.1) is 0 Å². The molecule has 3 rings (SSSR count). The Morgan fingerprint density at radius 1 is 1.38 bits per heavy atom. The number of carboxylic acid groups (broad SMARTS) is 1. The Morgan fingerprint density at radius 3 is 2.75 bits per heavy atom. The van der Waals surface area contributed by atoms with Gasteiger partial charge in [0.25, 0.3) is 11.6 Å². The number of nitro benzene ring substituents is 1. The summed E-state index contributed by atoms with van der Waals surface area (Å²) in [5.41, 5.74) is 0.0517. The van der Waals surface area contributed by atoms with Gasteiger partial charge in [0, 0.05) is 24.7 Å². The Hall–Kier alpha value is -3.30. The topological polar surface area (TPSA) is 131 Å². The van der Waals surface area contributed by atoms with Crippen LogP contribution in [0.3, 0.4) is 0 Å². The van der Waals surface area contributed by atoms with Gasteiger partial charge in [0.05, 0.1) is 10.8 Å². The standard InChI is InChI=1S/C14H13N5O5/c20-13(17-4-3-10(6-17)14(21)22)9-1-2-11(12(5-9)19(23)24)18-8-15-7-16-18/h1-2,5,7-8,10H,3-4,6H2,(H,21,22). The Labute approximate surface area is 135 Å². The molecule has 1 unspecified atom stereocenters. The van der Waals surface area contributed by atoms with Crippen molar-refractivity contribution in [2.24, 2.45) is 5.92 Å². The molecule has 0 aliphatic carbocycles. The van der Waals surface area contributed by atoms with Crippen LogP contribution in [0.15, 0.2) is 30.9 Å². The number of nitro groups is 1. The van der Waals surface area contributed by atoms with Gasteiger partial charge in [-0.05, 0) is 18.6 Å². The highest BCUT2D eigenvalue weighted by atomic mass is 16.6. The second-order valence-electron chi connectivity index (χ2n) is 5.38. The molecule has 1 aliphatic rings. The molecule has 0 saturated carbocycles. The number of rotatable bonds is 4. The van der Waals surface area contributed by atoms with Crippen molar-refractivity contribution in [3.05, 3.63) is 46.5 Å². The number of hydrogen-bond donors (Lipinski definition) is 1. The number of carboxylic acids is 1. The predicted molar refractivity (Wildman–Crippen MR) is 79.7 cm³/mol. The van der Waals surface area contributed by atoms with Crippen LogP contribution in [0, 0.1) is 16.0 Å². The van der Waals surface area contributed by atoms with E-state index in [2.05, 4.69) is 10.1 Å². The fraction of sp³-hybridized carbons (Fsp3) is 0.286.